The molecule has 3 aliphatic rings. The molecule has 1 aliphatic carbocycles. The molecule has 9 heteroatoms. The molecule has 3 aromatic heterocycles. The number of nitrogens with zero attached hydrogens (tertiary/aromatic N) is 6. The number of pyridine rings is 1. The highest BCUT2D eigenvalue weighted by atomic mass is 16.5. The number of benzene rings is 1. The maximum Gasteiger partial charge on any atom is 0.244 e. The van der Waals surface area contributed by atoms with Crippen molar-refractivity contribution in [1.29, 1.82) is 0 Å². The van der Waals surface area contributed by atoms with Gasteiger partial charge in [0, 0.05) is 65.9 Å². The molecule has 5 heterocycles. The Balaban J connectivity index is 1.28. The fourth-order valence-electron chi connectivity index (χ4n) is 7.22. The number of carbonyl (C=O) groups excluding carboxylic acids is 2. The molecule has 0 N–H and O–H groups in total. The summed E-state index contributed by atoms with van der Waals surface area (Å²) in [6.45, 7) is 6.16. The van der Waals surface area contributed by atoms with E-state index in [1.807, 2.05) is 48.5 Å². The summed E-state index contributed by atoms with van der Waals surface area (Å²) in [6.07, 6.45) is 14.4. The predicted octanol–water partition coefficient (Wildman–Crippen LogP) is 5.68. The van der Waals surface area contributed by atoms with Crippen LogP contribution in [0.25, 0.3) is 22.0 Å². The number of hydrogen-bond acceptors (Lipinski definition) is 7. The van der Waals surface area contributed by atoms with Crippen LogP contribution in [-0.4, -0.2) is 60.0 Å². The van der Waals surface area contributed by atoms with Crippen LogP contribution in [0.4, 0.5) is 0 Å². The van der Waals surface area contributed by atoms with E-state index in [2.05, 4.69) is 35.1 Å². The molecular formula is C35H38N6O3. The molecule has 1 aromatic carbocycles. The third kappa shape index (κ3) is 5.29. The molecule has 3 atom stereocenters. The van der Waals surface area contributed by atoms with E-state index in [1.54, 1.807) is 11.6 Å². The minimum atomic E-state index is -0.120. The standard InChI is InChI=1S/C35H38N6O3/c1-22-16-35-17-30(35)41(22)32(43)20-40-34-25(10-7-5-4-6-8-11-28-12-9-13-31(38-28)44-21-35)14-26(27-18-36-24(3)37-19-27)15-29(34)33(39-40)23(2)42/h6,8-9,12-15,18-19,22,30H,4-5,7,10-11,16-17,20-21H2,1-3H3/b8-6+/t22-,30-,35+/m1/s1. The quantitative estimate of drug-likeness (QED) is 0.219. The SMILES string of the molecule is CC(=O)c1nn2c3c(cc(-c4cnc(C)nc4)cc13)CCCC/C=C/Cc1cccc(n1)OC[C@@]13C[C@@H](C)N(C(=O)C2)[C@@H]1C3. The maximum atomic E-state index is 14.0. The summed E-state index contributed by atoms with van der Waals surface area (Å²) in [6, 6.07) is 10.4. The fraction of sp³-hybridized carbons (Fsp3) is 0.429. The van der Waals surface area contributed by atoms with Crippen LogP contribution in [-0.2, 0) is 24.2 Å². The van der Waals surface area contributed by atoms with Gasteiger partial charge in [0.05, 0.1) is 12.1 Å². The highest BCUT2D eigenvalue weighted by molar-refractivity contribution is 6.07. The van der Waals surface area contributed by atoms with E-state index in [9.17, 15) is 9.59 Å². The molecule has 1 saturated heterocycles. The molecule has 0 unspecified atom stereocenters. The molecular weight excluding hydrogens is 552 g/mol. The van der Waals surface area contributed by atoms with Gasteiger partial charge >= 0.3 is 0 Å². The van der Waals surface area contributed by atoms with Gasteiger partial charge in [-0.25, -0.2) is 15.0 Å². The topological polar surface area (TPSA) is 103 Å². The summed E-state index contributed by atoms with van der Waals surface area (Å²) in [5.41, 5.74) is 5.12. The first kappa shape index (κ1) is 28.4. The molecule has 4 bridgehead atoms. The van der Waals surface area contributed by atoms with Gasteiger partial charge < -0.3 is 9.64 Å². The maximum absolute atomic E-state index is 14.0. The Morgan fingerprint density at radius 2 is 1.91 bits per heavy atom. The van der Waals surface area contributed by atoms with Crippen LogP contribution in [0.15, 0.2) is 54.9 Å². The zero-order valence-corrected chi connectivity index (χ0v) is 25.6. The second kappa shape index (κ2) is 11.3. The fourth-order valence-corrected chi connectivity index (χ4v) is 7.22. The summed E-state index contributed by atoms with van der Waals surface area (Å²) in [5, 5.41) is 5.55. The van der Waals surface area contributed by atoms with Gasteiger partial charge in [-0.1, -0.05) is 18.2 Å². The van der Waals surface area contributed by atoms with E-state index in [0.717, 1.165) is 78.2 Å². The minimum absolute atomic E-state index is 0.0306. The number of aromatic nitrogens is 5. The summed E-state index contributed by atoms with van der Waals surface area (Å²) in [4.78, 5) is 42.4. The largest absolute Gasteiger partial charge is 0.477 e. The average Bonchev–Trinajstić information content (AvgIpc) is 3.43. The zero-order chi connectivity index (χ0) is 30.4. The van der Waals surface area contributed by atoms with Crippen LogP contribution in [0, 0.1) is 12.3 Å². The van der Waals surface area contributed by atoms with Crippen LogP contribution in [0.1, 0.15) is 73.5 Å². The number of hydrogen-bond donors (Lipinski definition) is 0. The van der Waals surface area contributed by atoms with Crippen molar-refractivity contribution in [1.82, 2.24) is 29.6 Å². The van der Waals surface area contributed by atoms with Gasteiger partial charge in [-0.15, -0.1) is 0 Å². The van der Waals surface area contributed by atoms with E-state index in [0.29, 0.717) is 24.0 Å². The van der Waals surface area contributed by atoms with Crippen LogP contribution in [0.5, 0.6) is 5.88 Å². The summed E-state index contributed by atoms with van der Waals surface area (Å²) < 4.78 is 8.00. The monoisotopic (exact) mass is 590 g/mol. The molecule has 4 aromatic rings. The van der Waals surface area contributed by atoms with Crippen molar-refractivity contribution in [2.45, 2.75) is 84.3 Å². The van der Waals surface area contributed by atoms with Crippen molar-refractivity contribution in [3.8, 4) is 17.0 Å². The number of amides is 1. The van der Waals surface area contributed by atoms with Crippen LogP contribution in [0.2, 0.25) is 0 Å². The molecule has 44 heavy (non-hydrogen) atoms. The van der Waals surface area contributed by atoms with E-state index in [4.69, 9.17) is 14.8 Å². The lowest BCUT2D eigenvalue weighted by molar-refractivity contribution is -0.133. The molecule has 7 rings (SSSR count). The molecule has 0 radical (unpaired) electrons. The number of allylic oxidation sites excluding steroid dienone is 2. The number of rotatable bonds is 2. The average molecular weight is 591 g/mol. The Bertz CT molecular complexity index is 1780. The highest BCUT2D eigenvalue weighted by Crippen LogP contribution is 2.59. The second-order valence-electron chi connectivity index (χ2n) is 12.7. The van der Waals surface area contributed by atoms with Gasteiger partial charge in [-0.05, 0) is 81.7 Å². The van der Waals surface area contributed by atoms with Gasteiger partial charge in [0.2, 0.25) is 11.8 Å². The first-order valence-electron chi connectivity index (χ1n) is 15.7. The number of aryl methyl sites for hydroxylation is 2. The van der Waals surface area contributed by atoms with Crippen molar-refractivity contribution < 1.29 is 14.3 Å². The predicted molar refractivity (Wildman–Crippen MR) is 167 cm³/mol. The minimum Gasteiger partial charge on any atom is -0.477 e. The summed E-state index contributed by atoms with van der Waals surface area (Å²) >= 11 is 0. The lowest BCUT2D eigenvalue weighted by Gasteiger charge is -2.24. The third-order valence-electron chi connectivity index (χ3n) is 9.45. The number of ketones is 1. The Kier molecular flexibility index (Phi) is 7.26. The number of Topliss-reactive ketones (excluding diaryl/α,β-unsaturated/α-hetero) is 1. The second-order valence-corrected chi connectivity index (χ2v) is 12.7. The Labute approximate surface area is 257 Å². The molecule has 1 amide bonds. The molecule has 2 aliphatic heterocycles. The van der Waals surface area contributed by atoms with Crippen molar-refractivity contribution in [3.05, 3.63) is 77.7 Å². The zero-order valence-electron chi connectivity index (χ0n) is 25.6. The first-order chi connectivity index (χ1) is 21.3. The molecule has 1 saturated carbocycles. The number of fused-ring (bicyclic) bond motifs is 2. The van der Waals surface area contributed by atoms with Crippen LogP contribution >= 0.6 is 0 Å². The van der Waals surface area contributed by atoms with Gasteiger partial charge in [0.15, 0.2) is 5.78 Å². The summed E-state index contributed by atoms with van der Waals surface area (Å²) in [7, 11) is 0. The van der Waals surface area contributed by atoms with Crippen LogP contribution < -0.4 is 4.74 Å². The number of piperidine rings is 1. The van der Waals surface area contributed by atoms with Crippen LogP contribution in [0.3, 0.4) is 0 Å². The van der Waals surface area contributed by atoms with Crippen molar-refractivity contribution in [2.24, 2.45) is 5.41 Å². The Morgan fingerprint density at radius 3 is 2.73 bits per heavy atom. The lowest BCUT2D eigenvalue weighted by Crippen LogP contribution is -2.39. The van der Waals surface area contributed by atoms with E-state index in [-0.39, 0.29) is 35.7 Å². The normalized spacial score (nSPS) is 24.4. The molecule has 226 valence electrons. The van der Waals surface area contributed by atoms with Gasteiger partial charge in [0.25, 0.3) is 0 Å². The van der Waals surface area contributed by atoms with Gasteiger partial charge in [-0.2, -0.15) is 5.10 Å². The van der Waals surface area contributed by atoms with Crippen molar-refractivity contribution in [3.63, 3.8) is 0 Å². The highest BCUT2D eigenvalue weighted by Gasteiger charge is 2.65. The number of carbonyl (C=O) groups is 2. The Hall–Kier alpha value is -4.40. The smallest absolute Gasteiger partial charge is 0.244 e. The summed E-state index contributed by atoms with van der Waals surface area (Å²) in [5.74, 6) is 1.26. The first-order valence-corrected chi connectivity index (χ1v) is 15.7. The van der Waals surface area contributed by atoms with Gasteiger partial charge in [0.1, 0.15) is 18.1 Å². The van der Waals surface area contributed by atoms with Crippen molar-refractivity contribution in [2.75, 3.05) is 6.61 Å². The van der Waals surface area contributed by atoms with E-state index < -0.39 is 0 Å². The van der Waals surface area contributed by atoms with Crippen molar-refractivity contribution >= 4 is 22.6 Å². The third-order valence-corrected chi connectivity index (χ3v) is 9.45. The lowest BCUT2D eigenvalue weighted by atomic mass is 9.97. The van der Waals surface area contributed by atoms with Gasteiger partial charge in [-0.3, -0.25) is 14.3 Å². The molecule has 2 fully saturated rings. The number of ether oxygens (including phenoxy) is 1. The molecule has 0 spiro atoms. The van der Waals surface area contributed by atoms with E-state index >= 15 is 0 Å². The Morgan fingerprint density at radius 1 is 1.07 bits per heavy atom. The van der Waals surface area contributed by atoms with E-state index in [1.165, 1.54) is 0 Å². The molecule has 9 nitrogen and oxygen atoms in total.